The molecule has 1 fully saturated rings. The van der Waals surface area contributed by atoms with Crippen molar-refractivity contribution in [2.75, 3.05) is 13.1 Å². The van der Waals surface area contributed by atoms with Gasteiger partial charge in [0.2, 0.25) is 5.76 Å². The van der Waals surface area contributed by atoms with Gasteiger partial charge in [-0.15, -0.1) is 0 Å². The van der Waals surface area contributed by atoms with Gasteiger partial charge in [0.1, 0.15) is 5.82 Å². The number of carbonyl (C=O) groups excluding carboxylic acids is 1. The Labute approximate surface area is 132 Å². The van der Waals surface area contributed by atoms with Gasteiger partial charge in [-0.3, -0.25) is 4.79 Å². The number of hydrogen-bond acceptors (Lipinski definition) is 3. The Morgan fingerprint density at radius 2 is 1.87 bits per heavy atom. The van der Waals surface area contributed by atoms with Crippen molar-refractivity contribution in [2.24, 2.45) is 5.92 Å². The van der Waals surface area contributed by atoms with Gasteiger partial charge >= 0.3 is 5.97 Å². The summed E-state index contributed by atoms with van der Waals surface area (Å²) < 4.78 is 18.0. The first kappa shape index (κ1) is 15.3. The van der Waals surface area contributed by atoms with Crippen molar-refractivity contribution in [3.8, 4) is 0 Å². The van der Waals surface area contributed by atoms with Crippen LogP contribution in [0.2, 0.25) is 0 Å². The summed E-state index contributed by atoms with van der Waals surface area (Å²) in [6, 6.07) is 9.05. The molecular formula is C17H16FNO4. The van der Waals surface area contributed by atoms with Gasteiger partial charge in [-0.05, 0) is 48.6 Å². The minimum absolute atomic E-state index is 0.0461. The normalized spacial score (nSPS) is 17.4. The summed E-state index contributed by atoms with van der Waals surface area (Å²) in [5.74, 6) is -1.64. The first-order valence-electron chi connectivity index (χ1n) is 7.40. The van der Waals surface area contributed by atoms with E-state index in [1.54, 1.807) is 17.0 Å². The zero-order valence-electron chi connectivity index (χ0n) is 12.4. The minimum atomic E-state index is -1.19. The number of carboxylic acid groups (broad SMARTS) is 1. The molecule has 1 N–H and O–H groups in total. The molecular weight excluding hydrogens is 301 g/mol. The van der Waals surface area contributed by atoms with E-state index in [1.807, 2.05) is 0 Å². The molecule has 120 valence electrons. The molecule has 1 aromatic heterocycles. The first-order chi connectivity index (χ1) is 11.0. The Morgan fingerprint density at radius 3 is 2.52 bits per heavy atom. The van der Waals surface area contributed by atoms with Gasteiger partial charge in [0.15, 0.2) is 5.76 Å². The van der Waals surface area contributed by atoms with Crippen LogP contribution in [0.4, 0.5) is 4.39 Å². The zero-order valence-corrected chi connectivity index (χ0v) is 12.4. The van der Waals surface area contributed by atoms with E-state index in [1.165, 1.54) is 24.3 Å². The molecule has 0 bridgehead atoms. The monoisotopic (exact) mass is 317 g/mol. The van der Waals surface area contributed by atoms with Crippen LogP contribution in [0.1, 0.15) is 33.1 Å². The van der Waals surface area contributed by atoms with Crippen LogP contribution in [0.15, 0.2) is 40.8 Å². The van der Waals surface area contributed by atoms with E-state index in [9.17, 15) is 14.0 Å². The Morgan fingerprint density at radius 1 is 1.17 bits per heavy atom. The largest absolute Gasteiger partial charge is 0.475 e. The number of halogens is 1. The van der Waals surface area contributed by atoms with E-state index in [0.29, 0.717) is 19.0 Å². The number of amides is 1. The summed E-state index contributed by atoms with van der Waals surface area (Å²) in [4.78, 5) is 24.8. The molecule has 0 spiro atoms. The number of benzene rings is 1. The summed E-state index contributed by atoms with van der Waals surface area (Å²) in [7, 11) is 0. The molecule has 1 unspecified atom stereocenters. The molecule has 1 atom stereocenters. The van der Waals surface area contributed by atoms with Crippen molar-refractivity contribution >= 4 is 11.9 Å². The Kier molecular flexibility index (Phi) is 4.14. The van der Waals surface area contributed by atoms with Crippen LogP contribution >= 0.6 is 0 Å². The number of nitrogens with zero attached hydrogens (tertiary/aromatic N) is 1. The third kappa shape index (κ3) is 3.41. The number of carbonyl (C=O) groups is 2. The summed E-state index contributed by atoms with van der Waals surface area (Å²) in [6.07, 6.45) is 1.64. The number of likely N-dealkylation sites (tertiary alicyclic amines) is 1. The van der Waals surface area contributed by atoms with Gasteiger partial charge in [0.25, 0.3) is 5.91 Å². The van der Waals surface area contributed by atoms with Gasteiger partial charge in [-0.25, -0.2) is 9.18 Å². The van der Waals surface area contributed by atoms with Crippen molar-refractivity contribution in [2.45, 2.75) is 12.8 Å². The summed E-state index contributed by atoms with van der Waals surface area (Å²) in [5.41, 5.74) is 1.04. The lowest BCUT2D eigenvalue weighted by Gasteiger charge is -2.15. The molecule has 0 aliphatic carbocycles. The van der Waals surface area contributed by atoms with E-state index in [-0.39, 0.29) is 23.2 Å². The highest BCUT2D eigenvalue weighted by atomic mass is 19.1. The number of aromatic carboxylic acids is 1. The maximum absolute atomic E-state index is 12.9. The predicted octanol–water partition coefficient (Wildman–Crippen LogP) is 2.82. The molecule has 6 heteroatoms. The van der Waals surface area contributed by atoms with E-state index in [2.05, 4.69) is 0 Å². The molecule has 1 amide bonds. The second kappa shape index (κ2) is 6.24. The molecule has 1 aliphatic heterocycles. The maximum Gasteiger partial charge on any atom is 0.371 e. The maximum atomic E-state index is 12.9. The average molecular weight is 317 g/mol. The highest BCUT2D eigenvalue weighted by molar-refractivity contribution is 5.93. The predicted molar refractivity (Wildman–Crippen MR) is 79.8 cm³/mol. The second-order valence-electron chi connectivity index (χ2n) is 5.71. The lowest BCUT2D eigenvalue weighted by atomic mass is 9.99. The molecule has 0 saturated carbocycles. The lowest BCUT2D eigenvalue weighted by molar-refractivity contribution is 0.0653. The van der Waals surface area contributed by atoms with Crippen molar-refractivity contribution in [3.05, 3.63) is 59.3 Å². The minimum Gasteiger partial charge on any atom is -0.475 e. The quantitative estimate of drug-likeness (QED) is 0.941. The zero-order chi connectivity index (χ0) is 16.4. The lowest BCUT2D eigenvalue weighted by Crippen LogP contribution is -2.28. The summed E-state index contributed by atoms with van der Waals surface area (Å²) in [5, 5.41) is 8.83. The molecule has 1 saturated heterocycles. The molecule has 2 aromatic rings. The topological polar surface area (TPSA) is 70.8 Å². The van der Waals surface area contributed by atoms with Crippen molar-refractivity contribution in [3.63, 3.8) is 0 Å². The third-order valence-electron chi connectivity index (χ3n) is 4.04. The third-order valence-corrected chi connectivity index (χ3v) is 4.04. The average Bonchev–Trinajstić information content (AvgIpc) is 3.18. The second-order valence-corrected chi connectivity index (χ2v) is 5.71. The molecule has 23 heavy (non-hydrogen) atoms. The van der Waals surface area contributed by atoms with E-state index >= 15 is 0 Å². The SMILES string of the molecule is O=C(O)c1ccc(C(=O)N2CCC(Cc3ccc(F)cc3)C2)o1. The van der Waals surface area contributed by atoms with E-state index in [4.69, 9.17) is 9.52 Å². The Balaban J connectivity index is 1.61. The van der Waals surface area contributed by atoms with Gasteiger partial charge < -0.3 is 14.4 Å². The van der Waals surface area contributed by atoms with Crippen LogP contribution in [0.5, 0.6) is 0 Å². The van der Waals surface area contributed by atoms with Crippen LogP contribution in [0.25, 0.3) is 0 Å². The van der Waals surface area contributed by atoms with Crippen molar-refractivity contribution in [1.82, 2.24) is 4.90 Å². The van der Waals surface area contributed by atoms with Crippen LogP contribution in [0, 0.1) is 11.7 Å². The standard InChI is InChI=1S/C17H16FNO4/c18-13-3-1-11(2-4-13)9-12-7-8-19(10-12)16(20)14-5-6-15(23-14)17(21)22/h1-6,12H,7-10H2,(H,21,22). The van der Waals surface area contributed by atoms with E-state index < -0.39 is 5.97 Å². The van der Waals surface area contributed by atoms with Crippen molar-refractivity contribution in [1.29, 1.82) is 0 Å². The summed E-state index contributed by atoms with van der Waals surface area (Å²) >= 11 is 0. The molecule has 5 nitrogen and oxygen atoms in total. The highest BCUT2D eigenvalue weighted by Gasteiger charge is 2.29. The molecule has 1 aliphatic rings. The molecule has 1 aromatic carbocycles. The fourth-order valence-corrected chi connectivity index (χ4v) is 2.86. The molecule has 0 radical (unpaired) electrons. The van der Waals surface area contributed by atoms with Gasteiger partial charge in [0.05, 0.1) is 0 Å². The Bertz CT molecular complexity index is 722. The number of carboxylic acids is 1. The number of rotatable bonds is 4. The molecule has 3 rings (SSSR count). The fourth-order valence-electron chi connectivity index (χ4n) is 2.86. The number of hydrogen-bond donors (Lipinski definition) is 1. The molecule has 2 heterocycles. The van der Waals surface area contributed by atoms with Gasteiger partial charge in [-0.2, -0.15) is 0 Å². The van der Waals surface area contributed by atoms with Crippen LogP contribution < -0.4 is 0 Å². The summed E-state index contributed by atoms with van der Waals surface area (Å²) in [6.45, 7) is 1.19. The van der Waals surface area contributed by atoms with E-state index in [0.717, 1.165) is 18.4 Å². The van der Waals surface area contributed by atoms with Crippen LogP contribution in [-0.2, 0) is 6.42 Å². The van der Waals surface area contributed by atoms with Crippen LogP contribution in [0.3, 0.4) is 0 Å². The highest BCUT2D eigenvalue weighted by Crippen LogP contribution is 2.23. The number of furan rings is 1. The van der Waals surface area contributed by atoms with Gasteiger partial charge in [-0.1, -0.05) is 12.1 Å². The van der Waals surface area contributed by atoms with Crippen LogP contribution in [-0.4, -0.2) is 35.0 Å². The fraction of sp³-hybridized carbons (Fsp3) is 0.294. The Hall–Kier alpha value is -2.63. The van der Waals surface area contributed by atoms with Crippen molar-refractivity contribution < 1.29 is 23.5 Å². The first-order valence-corrected chi connectivity index (χ1v) is 7.40. The van der Waals surface area contributed by atoms with Gasteiger partial charge in [0, 0.05) is 13.1 Å². The smallest absolute Gasteiger partial charge is 0.371 e.